The van der Waals surface area contributed by atoms with Gasteiger partial charge in [-0.15, -0.1) is 0 Å². The van der Waals surface area contributed by atoms with Crippen molar-refractivity contribution in [3.05, 3.63) is 40.3 Å². The summed E-state index contributed by atoms with van der Waals surface area (Å²) in [6.07, 6.45) is 1.16. The summed E-state index contributed by atoms with van der Waals surface area (Å²) in [6.45, 7) is 1.93. The standard InChI is InChI=1S/C15H14N2O4S2/c1-8-3-2-4-9(5-8)6-11-13(19)17(15(22)23-11)10(14(20)21)7-12(16)18/h2-6,10H,7H2,1H3,(H2,16,18)(H,20,21)/b11-6-. The molecule has 3 N–H and O–H groups in total. The second-order valence-corrected chi connectivity index (χ2v) is 6.67. The molecule has 1 aromatic rings. The average molecular weight is 350 g/mol. The predicted octanol–water partition coefficient (Wildman–Crippen LogP) is 1.52. The number of aryl methyl sites for hydroxylation is 1. The Hall–Kier alpha value is -2.19. The first-order valence-corrected chi connectivity index (χ1v) is 7.87. The van der Waals surface area contributed by atoms with Gasteiger partial charge in [-0.25, -0.2) is 4.79 Å². The summed E-state index contributed by atoms with van der Waals surface area (Å²) in [5.41, 5.74) is 6.91. The second-order valence-electron chi connectivity index (χ2n) is 4.99. The van der Waals surface area contributed by atoms with Gasteiger partial charge in [0, 0.05) is 0 Å². The summed E-state index contributed by atoms with van der Waals surface area (Å²) >= 11 is 6.11. The lowest BCUT2D eigenvalue weighted by Crippen LogP contribution is -2.46. The summed E-state index contributed by atoms with van der Waals surface area (Å²) in [5, 5.41) is 9.24. The Kier molecular flexibility index (Phi) is 5.17. The quantitative estimate of drug-likeness (QED) is 0.617. The molecular formula is C15H14N2O4S2. The molecule has 1 heterocycles. The van der Waals surface area contributed by atoms with Gasteiger partial charge < -0.3 is 10.8 Å². The first kappa shape index (κ1) is 17.2. The molecule has 2 rings (SSSR count). The number of rotatable bonds is 5. The molecule has 0 spiro atoms. The fraction of sp³-hybridized carbons (Fsp3) is 0.200. The summed E-state index contributed by atoms with van der Waals surface area (Å²) in [5.74, 6) is -2.67. The molecule has 0 bridgehead atoms. The van der Waals surface area contributed by atoms with Crippen molar-refractivity contribution in [2.75, 3.05) is 0 Å². The molecule has 1 fully saturated rings. The van der Waals surface area contributed by atoms with Crippen LogP contribution < -0.4 is 5.73 Å². The molecule has 6 nitrogen and oxygen atoms in total. The van der Waals surface area contributed by atoms with Crippen LogP contribution in [0.5, 0.6) is 0 Å². The van der Waals surface area contributed by atoms with Gasteiger partial charge in [-0.2, -0.15) is 0 Å². The topological polar surface area (TPSA) is 101 Å². The minimum atomic E-state index is -1.39. The second kappa shape index (κ2) is 6.93. The average Bonchev–Trinajstić information content (AvgIpc) is 2.71. The van der Waals surface area contributed by atoms with E-state index in [1.807, 2.05) is 31.2 Å². The number of carbonyl (C=O) groups excluding carboxylic acids is 2. The van der Waals surface area contributed by atoms with E-state index < -0.39 is 30.2 Å². The van der Waals surface area contributed by atoms with Gasteiger partial charge in [-0.1, -0.05) is 53.8 Å². The number of carboxylic acids is 1. The molecule has 23 heavy (non-hydrogen) atoms. The molecule has 1 unspecified atom stereocenters. The summed E-state index contributed by atoms with van der Waals surface area (Å²) in [7, 11) is 0. The minimum Gasteiger partial charge on any atom is -0.480 e. The van der Waals surface area contributed by atoms with Crippen LogP contribution in [0.3, 0.4) is 0 Å². The van der Waals surface area contributed by atoms with Gasteiger partial charge in [0.15, 0.2) is 0 Å². The Balaban J connectivity index is 2.32. The van der Waals surface area contributed by atoms with Gasteiger partial charge in [0.25, 0.3) is 5.91 Å². The smallest absolute Gasteiger partial charge is 0.327 e. The van der Waals surface area contributed by atoms with Crippen LogP contribution in [0.1, 0.15) is 17.5 Å². The van der Waals surface area contributed by atoms with Crippen LogP contribution in [0.15, 0.2) is 29.2 Å². The van der Waals surface area contributed by atoms with E-state index in [-0.39, 0.29) is 4.32 Å². The number of carbonyl (C=O) groups is 3. The van der Waals surface area contributed by atoms with Crippen molar-refractivity contribution in [3.63, 3.8) is 0 Å². The lowest BCUT2D eigenvalue weighted by Gasteiger charge is -2.21. The molecule has 1 saturated heterocycles. The highest BCUT2D eigenvalue weighted by atomic mass is 32.2. The fourth-order valence-electron chi connectivity index (χ4n) is 2.14. The van der Waals surface area contributed by atoms with Crippen LogP contribution >= 0.6 is 24.0 Å². The number of nitrogens with two attached hydrogens (primary N) is 1. The molecule has 0 aliphatic carbocycles. The minimum absolute atomic E-state index is 0.0996. The van der Waals surface area contributed by atoms with Crippen molar-refractivity contribution >= 4 is 52.2 Å². The molecule has 0 saturated carbocycles. The highest BCUT2D eigenvalue weighted by Gasteiger charge is 2.41. The van der Waals surface area contributed by atoms with Crippen molar-refractivity contribution in [2.45, 2.75) is 19.4 Å². The zero-order chi connectivity index (χ0) is 17.1. The van der Waals surface area contributed by atoms with Crippen LogP contribution in [0.2, 0.25) is 0 Å². The molecule has 120 valence electrons. The zero-order valence-corrected chi connectivity index (χ0v) is 13.8. The maximum Gasteiger partial charge on any atom is 0.327 e. The van der Waals surface area contributed by atoms with Gasteiger partial charge in [-0.05, 0) is 18.6 Å². The first-order chi connectivity index (χ1) is 10.8. The number of hydrogen-bond acceptors (Lipinski definition) is 5. The third-order valence-electron chi connectivity index (χ3n) is 3.15. The number of benzene rings is 1. The van der Waals surface area contributed by atoms with Crippen LogP contribution in [-0.2, 0) is 14.4 Å². The Bertz CT molecular complexity index is 730. The summed E-state index contributed by atoms with van der Waals surface area (Å²) < 4.78 is 0.0996. The largest absolute Gasteiger partial charge is 0.480 e. The normalized spacial score (nSPS) is 17.6. The number of carboxylic acid groups (broad SMARTS) is 1. The number of primary amides is 1. The Labute approximate surface area is 142 Å². The van der Waals surface area contributed by atoms with Gasteiger partial charge >= 0.3 is 5.97 Å². The van der Waals surface area contributed by atoms with E-state index >= 15 is 0 Å². The van der Waals surface area contributed by atoms with Crippen molar-refractivity contribution in [3.8, 4) is 0 Å². The number of amides is 2. The molecule has 0 aromatic heterocycles. The number of hydrogen-bond donors (Lipinski definition) is 2. The van der Waals surface area contributed by atoms with E-state index in [1.165, 1.54) is 0 Å². The molecule has 2 amide bonds. The molecule has 1 aliphatic rings. The third kappa shape index (κ3) is 3.96. The van der Waals surface area contributed by atoms with Gasteiger partial charge in [-0.3, -0.25) is 14.5 Å². The van der Waals surface area contributed by atoms with Crippen molar-refractivity contribution < 1.29 is 19.5 Å². The van der Waals surface area contributed by atoms with Crippen LogP contribution in [0.4, 0.5) is 0 Å². The summed E-state index contributed by atoms with van der Waals surface area (Å²) in [6, 6.07) is 6.12. The fourth-order valence-corrected chi connectivity index (χ4v) is 3.50. The predicted molar refractivity (Wildman–Crippen MR) is 91.4 cm³/mol. The molecule has 8 heteroatoms. The van der Waals surface area contributed by atoms with Gasteiger partial charge in [0.2, 0.25) is 5.91 Å². The molecule has 1 atom stereocenters. The lowest BCUT2D eigenvalue weighted by molar-refractivity contribution is -0.146. The summed E-state index contributed by atoms with van der Waals surface area (Å²) in [4.78, 5) is 36.1. The number of nitrogens with zero attached hydrogens (tertiary/aromatic N) is 1. The highest BCUT2D eigenvalue weighted by molar-refractivity contribution is 8.26. The Morgan fingerprint density at radius 2 is 2.17 bits per heavy atom. The maximum atomic E-state index is 12.5. The molecule has 1 aliphatic heterocycles. The van der Waals surface area contributed by atoms with Gasteiger partial charge in [0.1, 0.15) is 10.4 Å². The van der Waals surface area contributed by atoms with E-state index in [1.54, 1.807) is 6.08 Å². The van der Waals surface area contributed by atoms with Crippen molar-refractivity contribution in [1.82, 2.24) is 4.90 Å². The van der Waals surface area contributed by atoms with E-state index in [9.17, 15) is 19.5 Å². The van der Waals surface area contributed by atoms with Crippen LogP contribution in [-0.4, -0.2) is 38.2 Å². The molecular weight excluding hydrogens is 336 g/mol. The lowest BCUT2D eigenvalue weighted by atomic mass is 10.1. The van der Waals surface area contributed by atoms with Crippen LogP contribution in [0.25, 0.3) is 6.08 Å². The van der Waals surface area contributed by atoms with E-state index in [2.05, 4.69) is 0 Å². The molecule has 0 radical (unpaired) electrons. The highest BCUT2D eigenvalue weighted by Crippen LogP contribution is 2.34. The van der Waals surface area contributed by atoms with Crippen molar-refractivity contribution in [1.29, 1.82) is 0 Å². The number of thioether (sulfide) groups is 1. The molecule has 1 aromatic carbocycles. The monoisotopic (exact) mass is 350 g/mol. The number of aliphatic carboxylic acids is 1. The van der Waals surface area contributed by atoms with Gasteiger partial charge in [0.05, 0.1) is 11.3 Å². The zero-order valence-electron chi connectivity index (χ0n) is 12.2. The SMILES string of the molecule is Cc1cccc(/C=C2\SC(=S)N(C(CC(N)=O)C(=O)O)C2=O)c1. The Morgan fingerprint density at radius 1 is 1.48 bits per heavy atom. The number of thiocarbonyl (C=S) groups is 1. The first-order valence-electron chi connectivity index (χ1n) is 6.64. The van der Waals surface area contributed by atoms with E-state index in [0.29, 0.717) is 4.91 Å². The van der Waals surface area contributed by atoms with E-state index in [0.717, 1.165) is 27.8 Å². The Morgan fingerprint density at radius 3 is 2.74 bits per heavy atom. The maximum absolute atomic E-state index is 12.5. The van der Waals surface area contributed by atoms with E-state index in [4.69, 9.17) is 18.0 Å². The third-order valence-corrected chi connectivity index (χ3v) is 4.49. The van der Waals surface area contributed by atoms with Crippen LogP contribution in [0, 0.1) is 6.92 Å². The van der Waals surface area contributed by atoms with Crippen molar-refractivity contribution in [2.24, 2.45) is 5.73 Å².